The van der Waals surface area contributed by atoms with Crippen LogP contribution < -0.4 is 11.5 Å². The van der Waals surface area contributed by atoms with E-state index in [1.165, 1.54) is 0 Å². The van der Waals surface area contributed by atoms with Crippen molar-refractivity contribution in [2.45, 2.75) is 37.8 Å². The summed E-state index contributed by atoms with van der Waals surface area (Å²) in [5.74, 6) is -5.43. The molecular formula is C14H16F3N3O2. The van der Waals surface area contributed by atoms with Crippen LogP contribution >= 0.6 is 0 Å². The first-order valence-electron chi connectivity index (χ1n) is 6.44. The third-order valence-corrected chi connectivity index (χ3v) is 3.83. The number of carbonyl (C=O) groups excluding carboxylic acids is 1. The summed E-state index contributed by atoms with van der Waals surface area (Å²) in [4.78, 5) is 14.8. The van der Waals surface area contributed by atoms with Gasteiger partial charge in [0.1, 0.15) is 11.4 Å². The van der Waals surface area contributed by atoms with Gasteiger partial charge in [0, 0.05) is 11.1 Å². The van der Waals surface area contributed by atoms with Gasteiger partial charge in [0.25, 0.3) is 6.02 Å². The maximum atomic E-state index is 14.8. The van der Waals surface area contributed by atoms with Gasteiger partial charge in [0.2, 0.25) is 11.5 Å². The number of nitrogens with zero attached hydrogens (tertiary/aromatic N) is 1. The number of nitrogens with two attached hydrogens (primary N) is 2. The molecule has 4 N–H and O–H groups in total. The average Bonchev–Trinajstić information content (AvgIpc) is 2.35. The summed E-state index contributed by atoms with van der Waals surface area (Å²) in [5, 5.41) is 0. The van der Waals surface area contributed by atoms with E-state index >= 15 is 0 Å². The van der Waals surface area contributed by atoms with E-state index in [0.717, 1.165) is 39.0 Å². The van der Waals surface area contributed by atoms with Gasteiger partial charge in [-0.1, -0.05) is 0 Å². The number of ether oxygens (including phenoxy) is 1. The van der Waals surface area contributed by atoms with Gasteiger partial charge in [-0.15, -0.1) is 0 Å². The molecule has 0 fully saturated rings. The summed E-state index contributed by atoms with van der Waals surface area (Å²) in [5.41, 5.74) is 5.61. The Hall–Kier alpha value is -2.25. The van der Waals surface area contributed by atoms with Crippen molar-refractivity contribution in [3.8, 4) is 0 Å². The maximum Gasteiger partial charge on any atom is 0.315 e. The van der Waals surface area contributed by atoms with E-state index in [9.17, 15) is 18.0 Å². The largest absolute Gasteiger partial charge is 0.448 e. The second-order valence-electron chi connectivity index (χ2n) is 5.78. The van der Waals surface area contributed by atoms with Crippen molar-refractivity contribution < 1.29 is 22.7 Å². The lowest BCUT2D eigenvalue weighted by Crippen LogP contribution is -2.62. The average molecular weight is 315 g/mol. The van der Waals surface area contributed by atoms with Crippen LogP contribution in [0.3, 0.4) is 0 Å². The number of benzene rings is 1. The van der Waals surface area contributed by atoms with Crippen LogP contribution in [0, 0.1) is 5.82 Å². The first kappa shape index (κ1) is 16.1. The summed E-state index contributed by atoms with van der Waals surface area (Å²) in [6.07, 6.45) is 0. The Balaban J connectivity index is 2.72. The van der Waals surface area contributed by atoms with E-state index in [0.29, 0.717) is 0 Å². The van der Waals surface area contributed by atoms with Gasteiger partial charge in [-0.25, -0.2) is 9.38 Å². The zero-order valence-electron chi connectivity index (χ0n) is 12.3. The third kappa shape index (κ3) is 2.10. The first-order valence-corrected chi connectivity index (χ1v) is 6.44. The van der Waals surface area contributed by atoms with E-state index in [4.69, 9.17) is 16.2 Å². The van der Waals surface area contributed by atoms with Crippen LogP contribution in [0.1, 0.15) is 36.7 Å². The lowest BCUT2D eigenvalue weighted by atomic mass is 9.77. The number of halogens is 3. The summed E-state index contributed by atoms with van der Waals surface area (Å²) < 4.78 is 48.8. The van der Waals surface area contributed by atoms with Gasteiger partial charge in [0.05, 0.1) is 0 Å². The number of primary amides is 1. The van der Waals surface area contributed by atoms with Crippen molar-refractivity contribution in [3.05, 3.63) is 35.1 Å². The normalized spacial score (nSPS) is 26.0. The fourth-order valence-electron chi connectivity index (χ4n) is 2.49. The predicted molar refractivity (Wildman–Crippen MR) is 74.0 cm³/mol. The van der Waals surface area contributed by atoms with Crippen LogP contribution in [-0.2, 0) is 10.3 Å². The Kier molecular flexibility index (Phi) is 3.39. The maximum absolute atomic E-state index is 14.8. The van der Waals surface area contributed by atoms with Gasteiger partial charge in [-0.3, -0.25) is 4.79 Å². The molecule has 0 bridgehead atoms. The molecule has 0 saturated carbocycles. The van der Waals surface area contributed by atoms with E-state index < -0.39 is 40.4 Å². The molecule has 1 atom stereocenters. The number of hydrogen-bond donors (Lipinski definition) is 2. The number of alkyl halides is 2. The van der Waals surface area contributed by atoms with Gasteiger partial charge < -0.3 is 16.2 Å². The molecule has 1 aliphatic rings. The molecule has 0 saturated heterocycles. The van der Waals surface area contributed by atoms with E-state index in [1.807, 2.05) is 0 Å². The molecule has 0 spiro atoms. The van der Waals surface area contributed by atoms with Crippen LogP contribution in [-0.4, -0.2) is 23.4 Å². The Labute approximate surface area is 125 Å². The van der Waals surface area contributed by atoms with Gasteiger partial charge in [-0.05, 0) is 39.0 Å². The lowest BCUT2D eigenvalue weighted by Gasteiger charge is -2.47. The van der Waals surface area contributed by atoms with E-state index in [-0.39, 0.29) is 5.56 Å². The second kappa shape index (κ2) is 4.62. The molecule has 2 rings (SSSR count). The van der Waals surface area contributed by atoms with Crippen molar-refractivity contribution in [2.24, 2.45) is 16.5 Å². The fourth-order valence-corrected chi connectivity index (χ4v) is 2.49. The van der Waals surface area contributed by atoms with E-state index in [1.54, 1.807) is 0 Å². The van der Waals surface area contributed by atoms with Crippen LogP contribution in [0.15, 0.2) is 23.2 Å². The predicted octanol–water partition coefficient (Wildman–Crippen LogP) is 1.90. The lowest BCUT2D eigenvalue weighted by molar-refractivity contribution is -0.215. The zero-order valence-corrected chi connectivity index (χ0v) is 12.3. The number of carbonyl (C=O) groups is 1. The zero-order chi connectivity index (χ0) is 16.9. The van der Waals surface area contributed by atoms with Crippen LogP contribution in [0.5, 0.6) is 0 Å². The molecule has 8 heteroatoms. The Morgan fingerprint density at radius 1 is 1.27 bits per heavy atom. The highest BCUT2D eigenvalue weighted by atomic mass is 19.3. The minimum absolute atomic E-state index is 0.115. The standard InChI is InChI=1S/C14H16F3N3O2/c1-12(2)14(16,17)13(3,22-11(19)20-12)8-6-7(10(18)21)4-5-9(8)15/h4-6H,1-3H3,(H2,18,21)(H2,19,20)/t13-/m1/s1. The minimum Gasteiger partial charge on any atom is -0.448 e. The molecule has 1 aromatic carbocycles. The molecule has 120 valence electrons. The molecule has 0 unspecified atom stereocenters. The molecule has 1 aromatic rings. The number of rotatable bonds is 2. The number of hydrogen-bond acceptors (Lipinski definition) is 4. The number of amides is 1. The van der Waals surface area contributed by atoms with Gasteiger partial charge in [-0.2, -0.15) is 8.78 Å². The van der Waals surface area contributed by atoms with Gasteiger partial charge in [0.15, 0.2) is 0 Å². The van der Waals surface area contributed by atoms with Crippen LogP contribution in [0.25, 0.3) is 0 Å². The molecule has 1 aliphatic heterocycles. The summed E-state index contributed by atoms with van der Waals surface area (Å²) in [7, 11) is 0. The van der Waals surface area contributed by atoms with Crippen LogP contribution in [0.2, 0.25) is 0 Å². The second-order valence-corrected chi connectivity index (χ2v) is 5.78. The Morgan fingerprint density at radius 3 is 2.41 bits per heavy atom. The highest BCUT2D eigenvalue weighted by Gasteiger charge is 2.66. The smallest absolute Gasteiger partial charge is 0.315 e. The molecule has 0 aromatic heterocycles. The number of amidine groups is 1. The topological polar surface area (TPSA) is 90.7 Å². The SMILES string of the molecule is CC1(C)N=C(N)O[C@](C)(c2cc(C(N)=O)ccc2F)C1(F)F. The highest BCUT2D eigenvalue weighted by molar-refractivity contribution is 5.93. The van der Waals surface area contributed by atoms with Crippen molar-refractivity contribution in [2.75, 3.05) is 0 Å². The summed E-state index contributed by atoms with van der Waals surface area (Å²) in [6.45, 7) is 3.33. The quantitative estimate of drug-likeness (QED) is 0.873. The first-order chi connectivity index (χ1) is 9.92. The molecule has 0 aliphatic carbocycles. The number of aliphatic imine (C=N–C) groups is 1. The fraction of sp³-hybridized carbons (Fsp3) is 0.429. The monoisotopic (exact) mass is 315 g/mol. The molecule has 0 radical (unpaired) electrons. The highest BCUT2D eigenvalue weighted by Crippen LogP contribution is 2.51. The van der Waals surface area contributed by atoms with Gasteiger partial charge >= 0.3 is 5.92 Å². The van der Waals surface area contributed by atoms with E-state index in [2.05, 4.69) is 4.99 Å². The molecule has 5 nitrogen and oxygen atoms in total. The summed E-state index contributed by atoms with van der Waals surface area (Å²) >= 11 is 0. The Bertz CT molecular complexity index is 673. The Morgan fingerprint density at radius 2 is 1.86 bits per heavy atom. The van der Waals surface area contributed by atoms with Crippen molar-refractivity contribution in [1.82, 2.24) is 0 Å². The van der Waals surface area contributed by atoms with Crippen molar-refractivity contribution in [3.63, 3.8) is 0 Å². The molecular weight excluding hydrogens is 299 g/mol. The molecule has 22 heavy (non-hydrogen) atoms. The van der Waals surface area contributed by atoms with Crippen molar-refractivity contribution >= 4 is 11.9 Å². The minimum atomic E-state index is -3.60. The van der Waals surface area contributed by atoms with Crippen molar-refractivity contribution in [1.29, 1.82) is 0 Å². The molecule has 1 amide bonds. The third-order valence-electron chi connectivity index (χ3n) is 3.83. The summed E-state index contributed by atoms with van der Waals surface area (Å²) in [6, 6.07) is 2.45. The molecule has 1 heterocycles. The van der Waals surface area contributed by atoms with Crippen LogP contribution in [0.4, 0.5) is 13.2 Å².